The molecular weight excluding hydrogens is 275 g/mol. The summed E-state index contributed by atoms with van der Waals surface area (Å²) >= 11 is 9.45. The van der Waals surface area contributed by atoms with Crippen molar-refractivity contribution in [3.8, 4) is 0 Å². The maximum absolute atomic E-state index is 5.98. The first-order valence-corrected chi connectivity index (χ1v) is 6.34. The third kappa shape index (κ3) is 4.13. The number of benzene rings is 1. The fourth-order valence-corrected chi connectivity index (χ4v) is 2.27. The van der Waals surface area contributed by atoms with E-state index >= 15 is 0 Å². The molecule has 0 heterocycles. The van der Waals surface area contributed by atoms with E-state index in [4.69, 9.17) is 16.3 Å². The number of hydrogen-bond acceptors (Lipinski definition) is 1. The molecule has 0 N–H and O–H groups in total. The van der Waals surface area contributed by atoms with E-state index in [1.807, 2.05) is 12.1 Å². The average Bonchev–Trinajstić information content (AvgIpc) is 2.25. The summed E-state index contributed by atoms with van der Waals surface area (Å²) in [5.74, 6) is 0.989. The Hall–Kier alpha value is -0.0500. The van der Waals surface area contributed by atoms with Crippen LogP contribution in [0.2, 0.25) is 0 Å². The summed E-state index contributed by atoms with van der Waals surface area (Å²) in [7, 11) is 1.73. The van der Waals surface area contributed by atoms with Gasteiger partial charge >= 0.3 is 0 Å². The molecule has 0 amide bonds. The third-order valence-electron chi connectivity index (χ3n) is 2.53. The molecule has 0 aromatic heterocycles. The second kappa shape index (κ2) is 6.51. The van der Waals surface area contributed by atoms with Crippen molar-refractivity contribution in [1.82, 2.24) is 0 Å². The van der Waals surface area contributed by atoms with E-state index in [-0.39, 0.29) is 6.10 Å². The lowest BCUT2D eigenvalue weighted by Gasteiger charge is -2.18. The van der Waals surface area contributed by atoms with Gasteiger partial charge in [0.2, 0.25) is 0 Å². The van der Waals surface area contributed by atoms with Crippen LogP contribution in [0.15, 0.2) is 28.7 Å². The molecule has 1 rings (SSSR count). The first-order valence-electron chi connectivity index (χ1n) is 5.01. The van der Waals surface area contributed by atoms with E-state index in [1.54, 1.807) is 7.11 Å². The highest BCUT2D eigenvalue weighted by Crippen LogP contribution is 2.25. The Morgan fingerprint density at radius 2 is 2.20 bits per heavy atom. The van der Waals surface area contributed by atoms with Crippen LogP contribution in [0.1, 0.15) is 24.8 Å². The topological polar surface area (TPSA) is 9.23 Å². The highest BCUT2D eigenvalue weighted by atomic mass is 79.9. The SMILES string of the molecule is COC(C)CC(CCl)c1cccc(Br)c1. The predicted molar refractivity (Wildman–Crippen MR) is 68.7 cm³/mol. The van der Waals surface area contributed by atoms with Gasteiger partial charge in [0.25, 0.3) is 0 Å². The molecule has 1 aromatic rings. The summed E-state index contributed by atoms with van der Waals surface area (Å²) in [5.41, 5.74) is 1.27. The van der Waals surface area contributed by atoms with Crippen molar-refractivity contribution in [2.24, 2.45) is 0 Å². The molecule has 1 nitrogen and oxygen atoms in total. The van der Waals surface area contributed by atoms with Crippen molar-refractivity contribution >= 4 is 27.5 Å². The van der Waals surface area contributed by atoms with Crippen LogP contribution in [0.4, 0.5) is 0 Å². The molecule has 0 saturated carbocycles. The van der Waals surface area contributed by atoms with Crippen LogP contribution in [0.25, 0.3) is 0 Å². The van der Waals surface area contributed by atoms with Crippen molar-refractivity contribution in [2.45, 2.75) is 25.4 Å². The highest BCUT2D eigenvalue weighted by Gasteiger charge is 2.14. The second-order valence-corrected chi connectivity index (χ2v) is 4.91. The summed E-state index contributed by atoms with van der Waals surface area (Å²) < 4.78 is 6.36. The molecule has 0 aliphatic rings. The lowest BCUT2D eigenvalue weighted by atomic mass is 9.95. The van der Waals surface area contributed by atoms with Crippen molar-refractivity contribution in [2.75, 3.05) is 13.0 Å². The molecule has 0 bridgehead atoms. The Balaban J connectivity index is 2.73. The zero-order chi connectivity index (χ0) is 11.3. The van der Waals surface area contributed by atoms with Crippen LogP contribution < -0.4 is 0 Å². The molecule has 15 heavy (non-hydrogen) atoms. The molecule has 2 atom stereocenters. The number of alkyl halides is 1. The third-order valence-corrected chi connectivity index (χ3v) is 3.39. The van der Waals surface area contributed by atoms with Gasteiger partial charge in [0, 0.05) is 17.5 Å². The number of hydrogen-bond donors (Lipinski definition) is 0. The van der Waals surface area contributed by atoms with Crippen LogP contribution in [-0.4, -0.2) is 19.1 Å². The van der Waals surface area contributed by atoms with E-state index in [0.717, 1.165) is 10.9 Å². The Kier molecular flexibility index (Phi) is 5.65. The van der Waals surface area contributed by atoms with Gasteiger partial charge in [-0.3, -0.25) is 0 Å². The van der Waals surface area contributed by atoms with Crippen molar-refractivity contribution in [3.63, 3.8) is 0 Å². The Morgan fingerprint density at radius 3 is 2.73 bits per heavy atom. The second-order valence-electron chi connectivity index (χ2n) is 3.69. The van der Waals surface area contributed by atoms with E-state index < -0.39 is 0 Å². The summed E-state index contributed by atoms with van der Waals surface area (Å²) in [6.45, 7) is 2.07. The zero-order valence-corrected chi connectivity index (χ0v) is 11.4. The molecule has 84 valence electrons. The Bertz CT molecular complexity index is 303. The van der Waals surface area contributed by atoms with E-state index in [1.165, 1.54) is 5.56 Å². The average molecular weight is 292 g/mol. The summed E-state index contributed by atoms with van der Waals surface area (Å²) in [4.78, 5) is 0. The lowest BCUT2D eigenvalue weighted by molar-refractivity contribution is 0.106. The molecule has 0 spiro atoms. The monoisotopic (exact) mass is 290 g/mol. The Morgan fingerprint density at radius 1 is 1.47 bits per heavy atom. The first kappa shape index (κ1) is 13.0. The molecule has 0 aliphatic carbocycles. The maximum atomic E-state index is 5.98. The summed E-state index contributed by atoms with van der Waals surface area (Å²) in [6, 6.07) is 8.29. The molecular formula is C12H16BrClO. The van der Waals surface area contributed by atoms with Gasteiger partial charge in [-0.25, -0.2) is 0 Å². The van der Waals surface area contributed by atoms with Gasteiger partial charge in [-0.2, -0.15) is 0 Å². The molecule has 1 aromatic carbocycles. The van der Waals surface area contributed by atoms with Gasteiger partial charge in [0.15, 0.2) is 0 Å². The molecule has 0 aliphatic heterocycles. The fourth-order valence-electron chi connectivity index (χ4n) is 1.55. The van der Waals surface area contributed by atoms with Gasteiger partial charge < -0.3 is 4.74 Å². The maximum Gasteiger partial charge on any atom is 0.0549 e. The van der Waals surface area contributed by atoms with Crippen LogP contribution in [0, 0.1) is 0 Å². The standard InChI is InChI=1S/C12H16BrClO/c1-9(15-2)6-11(8-14)10-4-3-5-12(13)7-10/h3-5,7,9,11H,6,8H2,1-2H3. The van der Waals surface area contributed by atoms with Gasteiger partial charge in [-0.1, -0.05) is 28.1 Å². The lowest BCUT2D eigenvalue weighted by Crippen LogP contribution is -2.12. The summed E-state index contributed by atoms with van der Waals surface area (Å²) in [5, 5.41) is 0. The number of rotatable bonds is 5. The summed E-state index contributed by atoms with van der Waals surface area (Å²) in [6.07, 6.45) is 1.20. The van der Waals surface area contributed by atoms with E-state index in [0.29, 0.717) is 11.8 Å². The van der Waals surface area contributed by atoms with Crippen LogP contribution in [-0.2, 0) is 4.74 Å². The molecule has 0 saturated heterocycles. The quantitative estimate of drug-likeness (QED) is 0.739. The van der Waals surface area contributed by atoms with Crippen LogP contribution in [0.5, 0.6) is 0 Å². The van der Waals surface area contributed by atoms with Gasteiger partial charge in [-0.05, 0) is 37.0 Å². The van der Waals surface area contributed by atoms with Crippen molar-refractivity contribution in [1.29, 1.82) is 0 Å². The minimum atomic E-state index is 0.243. The minimum absolute atomic E-state index is 0.243. The van der Waals surface area contributed by atoms with E-state index in [2.05, 4.69) is 35.0 Å². The fraction of sp³-hybridized carbons (Fsp3) is 0.500. The zero-order valence-electron chi connectivity index (χ0n) is 9.04. The van der Waals surface area contributed by atoms with Crippen molar-refractivity contribution < 1.29 is 4.74 Å². The molecule has 0 radical (unpaired) electrons. The van der Waals surface area contributed by atoms with Crippen molar-refractivity contribution in [3.05, 3.63) is 34.3 Å². The largest absolute Gasteiger partial charge is 0.382 e. The molecule has 3 heteroatoms. The number of methoxy groups -OCH3 is 1. The highest BCUT2D eigenvalue weighted by molar-refractivity contribution is 9.10. The number of ether oxygens (including phenoxy) is 1. The normalized spacial score (nSPS) is 14.9. The predicted octanol–water partition coefficient (Wildman–Crippen LogP) is 4.20. The number of halogens is 2. The van der Waals surface area contributed by atoms with Gasteiger partial charge in [0.05, 0.1) is 6.10 Å². The molecule has 0 fully saturated rings. The minimum Gasteiger partial charge on any atom is -0.382 e. The Labute approximate surface area is 105 Å². The van der Waals surface area contributed by atoms with Gasteiger partial charge in [-0.15, -0.1) is 11.6 Å². The van der Waals surface area contributed by atoms with E-state index in [9.17, 15) is 0 Å². The molecule has 2 unspecified atom stereocenters. The first-order chi connectivity index (χ1) is 7.17. The van der Waals surface area contributed by atoms with Gasteiger partial charge in [0.1, 0.15) is 0 Å². The smallest absolute Gasteiger partial charge is 0.0549 e. The van der Waals surface area contributed by atoms with Crippen LogP contribution in [0.3, 0.4) is 0 Å². The van der Waals surface area contributed by atoms with Crippen LogP contribution >= 0.6 is 27.5 Å².